The molecule has 2 N–H and O–H groups in total. The number of aryl methyl sites for hydroxylation is 3. The smallest absolute Gasteiger partial charge is 0.262 e. The Morgan fingerprint density at radius 2 is 1.66 bits per heavy atom. The van der Waals surface area contributed by atoms with E-state index in [9.17, 15) is 23.4 Å². The Morgan fingerprint density at radius 3 is 2.24 bits per heavy atom. The molecule has 3 aromatic rings. The van der Waals surface area contributed by atoms with E-state index in [1.54, 1.807) is 50.2 Å². The molecule has 6 nitrogen and oxygen atoms in total. The van der Waals surface area contributed by atoms with Crippen molar-refractivity contribution in [3.05, 3.63) is 59.2 Å². The monoisotopic (exact) mass is 430 g/mol. The molecule has 0 aliphatic rings. The lowest BCUT2D eigenvalue weighted by Crippen LogP contribution is -2.24. The van der Waals surface area contributed by atoms with Crippen LogP contribution in [-0.2, 0) is 14.8 Å². The van der Waals surface area contributed by atoms with E-state index in [0.29, 0.717) is 21.9 Å². The van der Waals surface area contributed by atoms with Crippen LogP contribution in [0.3, 0.4) is 0 Å². The Kier molecular flexibility index (Phi) is 5.77. The number of carboxylic acid groups (broad SMARTS) is 1. The zero-order valence-electron chi connectivity index (χ0n) is 16.1. The number of carboxylic acids is 1. The molecular weight excluding hydrogens is 410 g/mol. The third-order valence-corrected chi connectivity index (χ3v) is 7.12. The summed E-state index contributed by atoms with van der Waals surface area (Å²) >= 11 is 0.867. The molecule has 0 aliphatic heterocycles. The van der Waals surface area contributed by atoms with Crippen LogP contribution in [0.5, 0.6) is 5.75 Å². The SMILES string of the molecule is Cc1cc(C)c(S(=O)(=O)Nc2cc(SCC(=O)[O-])c(O)c3ccccc23)c(C)c1. The van der Waals surface area contributed by atoms with Gasteiger partial charge in [0.1, 0.15) is 5.75 Å². The number of carbonyl (C=O) groups excluding carboxylic acids is 1. The van der Waals surface area contributed by atoms with E-state index >= 15 is 0 Å². The van der Waals surface area contributed by atoms with Gasteiger partial charge in [0.2, 0.25) is 0 Å². The van der Waals surface area contributed by atoms with Gasteiger partial charge in [0.25, 0.3) is 10.0 Å². The summed E-state index contributed by atoms with van der Waals surface area (Å²) in [5.74, 6) is -1.75. The Bertz CT molecular complexity index is 1200. The van der Waals surface area contributed by atoms with E-state index in [2.05, 4.69) is 4.72 Å². The number of thioether (sulfide) groups is 1. The fraction of sp³-hybridized carbons (Fsp3) is 0.190. The number of hydrogen-bond donors (Lipinski definition) is 2. The number of hydrogen-bond acceptors (Lipinski definition) is 6. The molecule has 3 aromatic carbocycles. The molecule has 0 amide bonds. The Balaban J connectivity index is 2.14. The van der Waals surface area contributed by atoms with Gasteiger partial charge >= 0.3 is 0 Å². The maximum absolute atomic E-state index is 13.2. The normalized spacial score (nSPS) is 11.6. The molecule has 0 aromatic heterocycles. The number of phenolic OH excluding ortho intramolecular Hbond substituents is 1. The standard InChI is InChI=1S/C21H21NO5S2/c1-12-8-13(2)21(14(3)9-12)29(26,27)22-17-10-18(28-11-19(23)24)20(25)16-7-5-4-6-15(16)17/h4-10,22,25H,11H2,1-3H3,(H,23,24)/p-1. The molecule has 0 aliphatic carbocycles. The first-order valence-electron chi connectivity index (χ1n) is 8.78. The van der Waals surface area contributed by atoms with Crippen LogP contribution in [0.15, 0.2) is 52.3 Å². The van der Waals surface area contributed by atoms with Crippen molar-refractivity contribution in [1.82, 2.24) is 0 Å². The third-order valence-electron chi connectivity index (χ3n) is 4.44. The largest absolute Gasteiger partial charge is 0.549 e. The number of aromatic hydroxyl groups is 1. The molecule has 0 spiro atoms. The van der Waals surface area contributed by atoms with E-state index in [0.717, 1.165) is 17.3 Å². The average Bonchev–Trinajstić information content (AvgIpc) is 2.61. The number of sulfonamides is 1. The van der Waals surface area contributed by atoms with Crippen molar-refractivity contribution >= 4 is 44.2 Å². The van der Waals surface area contributed by atoms with Crippen LogP contribution in [0, 0.1) is 20.8 Å². The number of phenols is 1. The number of carbonyl (C=O) groups is 1. The quantitative estimate of drug-likeness (QED) is 0.460. The van der Waals surface area contributed by atoms with Gasteiger partial charge in [-0.2, -0.15) is 0 Å². The zero-order valence-corrected chi connectivity index (χ0v) is 17.8. The van der Waals surface area contributed by atoms with Crippen molar-refractivity contribution < 1.29 is 23.4 Å². The molecule has 0 saturated heterocycles. The second-order valence-corrected chi connectivity index (χ2v) is 9.45. The molecule has 0 atom stereocenters. The van der Waals surface area contributed by atoms with Crippen LogP contribution >= 0.6 is 11.8 Å². The van der Waals surface area contributed by atoms with E-state index in [-0.39, 0.29) is 27.0 Å². The first-order valence-corrected chi connectivity index (χ1v) is 11.2. The van der Waals surface area contributed by atoms with Gasteiger partial charge in [-0.25, -0.2) is 8.42 Å². The van der Waals surface area contributed by atoms with E-state index in [4.69, 9.17) is 0 Å². The zero-order chi connectivity index (χ0) is 21.3. The highest BCUT2D eigenvalue weighted by Gasteiger charge is 2.22. The van der Waals surface area contributed by atoms with Crippen molar-refractivity contribution in [2.75, 3.05) is 10.5 Å². The van der Waals surface area contributed by atoms with E-state index in [1.165, 1.54) is 6.07 Å². The minimum Gasteiger partial charge on any atom is -0.549 e. The van der Waals surface area contributed by atoms with Crippen molar-refractivity contribution in [2.24, 2.45) is 0 Å². The minimum atomic E-state index is -3.91. The second kappa shape index (κ2) is 7.96. The Hall–Kier alpha value is -2.71. The lowest BCUT2D eigenvalue weighted by Gasteiger charge is -2.17. The molecule has 0 radical (unpaired) electrons. The maximum atomic E-state index is 13.2. The summed E-state index contributed by atoms with van der Waals surface area (Å²) in [5.41, 5.74) is 2.49. The summed E-state index contributed by atoms with van der Waals surface area (Å²) in [5, 5.41) is 22.3. The Labute approximate surface area is 173 Å². The molecule has 0 bridgehead atoms. The van der Waals surface area contributed by atoms with Crippen LogP contribution in [0.1, 0.15) is 16.7 Å². The van der Waals surface area contributed by atoms with Crippen LogP contribution < -0.4 is 9.83 Å². The molecule has 0 heterocycles. The number of anilines is 1. The van der Waals surface area contributed by atoms with Crippen molar-refractivity contribution in [3.8, 4) is 5.75 Å². The molecule has 0 saturated carbocycles. The van der Waals surface area contributed by atoms with E-state index in [1.807, 2.05) is 6.92 Å². The van der Waals surface area contributed by atoms with Gasteiger partial charge in [-0.3, -0.25) is 4.72 Å². The number of rotatable bonds is 6. The fourth-order valence-electron chi connectivity index (χ4n) is 3.45. The highest BCUT2D eigenvalue weighted by molar-refractivity contribution is 8.00. The molecule has 8 heteroatoms. The Morgan fingerprint density at radius 1 is 1.07 bits per heavy atom. The van der Waals surface area contributed by atoms with Gasteiger partial charge in [-0.1, -0.05) is 42.0 Å². The topological polar surface area (TPSA) is 107 Å². The van der Waals surface area contributed by atoms with Crippen LogP contribution in [0.2, 0.25) is 0 Å². The molecule has 152 valence electrons. The summed E-state index contributed by atoms with van der Waals surface area (Å²) in [6.45, 7) is 5.38. The fourth-order valence-corrected chi connectivity index (χ4v) is 5.70. The summed E-state index contributed by atoms with van der Waals surface area (Å²) in [6, 6.07) is 11.8. The molecule has 29 heavy (non-hydrogen) atoms. The minimum absolute atomic E-state index is 0.0995. The lowest BCUT2D eigenvalue weighted by atomic mass is 10.1. The number of aliphatic carboxylic acids is 1. The van der Waals surface area contributed by atoms with E-state index < -0.39 is 16.0 Å². The van der Waals surface area contributed by atoms with Crippen molar-refractivity contribution in [3.63, 3.8) is 0 Å². The van der Waals surface area contributed by atoms with Crippen LogP contribution in [0.4, 0.5) is 5.69 Å². The van der Waals surface area contributed by atoms with Gasteiger partial charge in [-0.05, 0) is 38.0 Å². The van der Waals surface area contributed by atoms with Gasteiger partial charge < -0.3 is 15.0 Å². The predicted octanol–water partition coefficient (Wildman–Crippen LogP) is 3.11. The van der Waals surface area contributed by atoms with Gasteiger partial charge in [-0.15, -0.1) is 11.8 Å². The average molecular weight is 431 g/mol. The first-order chi connectivity index (χ1) is 13.6. The summed E-state index contributed by atoms with van der Waals surface area (Å²) < 4.78 is 29.0. The number of nitrogens with one attached hydrogen (secondary N) is 1. The molecule has 0 unspecified atom stereocenters. The van der Waals surface area contributed by atoms with Crippen molar-refractivity contribution in [1.29, 1.82) is 0 Å². The van der Waals surface area contributed by atoms with Crippen LogP contribution in [0.25, 0.3) is 10.8 Å². The summed E-state index contributed by atoms with van der Waals surface area (Å²) in [6.07, 6.45) is 0. The summed E-state index contributed by atoms with van der Waals surface area (Å²) in [4.78, 5) is 11.3. The number of benzene rings is 3. The van der Waals surface area contributed by atoms with Gasteiger partial charge in [0.15, 0.2) is 0 Å². The first kappa shape index (κ1) is 21.0. The van der Waals surface area contributed by atoms with Gasteiger partial charge in [0.05, 0.1) is 21.4 Å². The summed E-state index contributed by atoms with van der Waals surface area (Å²) in [7, 11) is -3.91. The van der Waals surface area contributed by atoms with Crippen LogP contribution in [-0.4, -0.2) is 25.2 Å². The van der Waals surface area contributed by atoms with Crippen molar-refractivity contribution in [2.45, 2.75) is 30.6 Å². The van der Waals surface area contributed by atoms with Gasteiger partial charge in [0, 0.05) is 16.5 Å². The maximum Gasteiger partial charge on any atom is 0.262 e. The highest BCUT2D eigenvalue weighted by Crippen LogP contribution is 2.40. The highest BCUT2D eigenvalue weighted by atomic mass is 32.2. The predicted molar refractivity (Wildman–Crippen MR) is 113 cm³/mol. The second-order valence-electron chi connectivity index (χ2n) is 6.81. The molecule has 3 rings (SSSR count). The number of fused-ring (bicyclic) bond motifs is 1. The lowest BCUT2D eigenvalue weighted by molar-refractivity contribution is -0.301. The third kappa shape index (κ3) is 4.33. The molecular formula is C21H20NO5S2-. The molecule has 0 fully saturated rings.